The van der Waals surface area contributed by atoms with Crippen molar-refractivity contribution in [3.8, 4) is 11.4 Å². The highest BCUT2D eigenvalue weighted by Gasteiger charge is 2.52. The van der Waals surface area contributed by atoms with Crippen LogP contribution in [0.25, 0.3) is 23.5 Å². The number of nitrogens with zero attached hydrogens (tertiary/aromatic N) is 8. The first-order valence-corrected chi connectivity index (χ1v) is 31.4. The highest BCUT2D eigenvalue weighted by atomic mass is 32.2. The van der Waals surface area contributed by atoms with Crippen molar-refractivity contribution in [2.75, 3.05) is 13.2 Å². The first-order chi connectivity index (χ1) is 34.7. The first-order valence-electron chi connectivity index (χ1n) is 25.5. The molecule has 10 rings (SSSR count). The van der Waals surface area contributed by atoms with Crippen LogP contribution < -0.4 is 0 Å². The molecule has 14 nitrogen and oxygen atoms in total. The first kappa shape index (κ1) is 53.5. The summed E-state index contributed by atoms with van der Waals surface area (Å²) in [5, 5.41) is 27.9. The summed E-state index contributed by atoms with van der Waals surface area (Å²) in [7, 11) is -5.87. The summed E-state index contributed by atoms with van der Waals surface area (Å²) in [6.45, 7) is 17.2. The molecule has 0 aliphatic heterocycles. The maximum atomic E-state index is 13.6. The topological polar surface area (TPSA) is 169 Å². The average molecular weight is 1070 g/mol. The fourth-order valence-electron chi connectivity index (χ4n) is 11.4. The molecule has 0 spiro atoms. The highest BCUT2D eigenvalue weighted by Crippen LogP contribution is 2.55. The monoisotopic (exact) mass is 1070 g/mol. The second-order valence-electron chi connectivity index (χ2n) is 23.3. The van der Waals surface area contributed by atoms with Crippen LogP contribution in [0.3, 0.4) is 0 Å². The Morgan fingerprint density at radius 3 is 1.70 bits per heavy atom. The Labute approximate surface area is 435 Å². The molecule has 2 fully saturated rings. The molecule has 74 heavy (non-hydrogen) atoms. The maximum Gasteiger partial charge on any atom is 0.202 e. The van der Waals surface area contributed by atoms with Gasteiger partial charge in [0, 0.05) is 43.9 Å². The minimum absolute atomic E-state index is 0.0270. The van der Waals surface area contributed by atoms with Crippen molar-refractivity contribution in [2.45, 2.75) is 131 Å². The van der Waals surface area contributed by atoms with Gasteiger partial charge in [-0.25, -0.2) is 35.0 Å². The number of aliphatic hydroxyl groups is 1. The lowest BCUT2D eigenvalue weighted by molar-refractivity contribution is 0.0934. The molecule has 0 amide bonds. The molecular weight excluding hydrogens is 999 g/mol. The van der Waals surface area contributed by atoms with Gasteiger partial charge in [0.1, 0.15) is 11.6 Å². The second-order valence-corrected chi connectivity index (χ2v) is 32.8. The summed E-state index contributed by atoms with van der Waals surface area (Å²) in [6.07, 6.45) is 16.9. The van der Waals surface area contributed by atoms with Crippen LogP contribution in [-0.2, 0) is 51.0 Å². The molecule has 19 heteroatoms. The molecule has 1 N–H and O–H groups in total. The normalized spacial score (nSPS) is 22.6. The quantitative estimate of drug-likeness (QED) is 0.116. The third-order valence-electron chi connectivity index (χ3n) is 17.4. The number of aryl methyl sites for hydroxylation is 2. The summed E-state index contributed by atoms with van der Waals surface area (Å²) in [5.41, 5.74) is 7.21. The van der Waals surface area contributed by atoms with Gasteiger partial charge in [-0.3, -0.25) is 9.36 Å². The molecule has 2 saturated carbocycles. The Morgan fingerprint density at radius 1 is 0.730 bits per heavy atom. The Morgan fingerprint density at radius 2 is 1.22 bits per heavy atom. The zero-order valence-corrected chi connectivity index (χ0v) is 46.8. The predicted molar refractivity (Wildman–Crippen MR) is 285 cm³/mol. The van der Waals surface area contributed by atoms with E-state index in [2.05, 4.69) is 66.4 Å². The molecule has 4 aliphatic rings. The zero-order chi connectivity index (χ0) is 53.4. The lowest BCUT2D eigenvalue weighted by Crippen LogP contribution is -2.48. The number of hydrogen-bond acceptors (Lipinski definition) is 10. The number of rotatable bonds is 12. The molecule has 0 radical (unpaired) electrons. The predicted octanol–water partition coefficient (Wildman–Crippen LogP) is 10.1. The van der Waals surface area contributed by atoms with E-state index >= 15 is 0 Å². The average Bonchev–Trinajstić information content (AvgIpc) is 4.19. The Hall–Kier alpha value is -5.34. The molecule has 5 atom stereocenters. The molecule has 4 aromatic heterocycles. The van der Waals surface area contributed by atoms with E-state index in [1.165, 1.54) is 39.2 Å². The van der Waals surface area contributed by atoms with Crippen molar-refractivity contribution in [2.24, 2.45) is 36.8 Å². The number of sulfone groups is 2. The summed E-state index contributed by atoms with van der Waals surface area (Å²) < 4.78 is 93.7. The van der Waals surface area contributed by atoms with Gasteiger partial charge < -0.3 is 9.53 Å². The van der Waals surface area contributed by atoms with Gasteiger partial charge in [-0.1, -0.05) is 31.9 Å². The zero-order valence-electron chi connectivity index (χ0n) is 44.2. The van der Waals surface area contributed by atoms with Gasteiger partial charge >= 0.3 is 0 Å². The van der Waals surface area contributed by atoms with Crippen molar-refractivity contribution in [3.63, 3.8) is 0 Å². The van der Waals surface area contributed by atoms with Gasteiger partial charge in [0.05, 0.1) is 51.8 Å². The van der Waals surface area contributed by atoms with Crippen LogP contribution in [0.2, 0.25) is 18.1 Å². The number of aliphatic hydroxyl groups excluding tert-OH is 1. The minimum Gasteiger partial charge on any atom is -0.416 e. The number of halogens is 2. The number of aromatic nitrogens is 8. The summed E-state index contributed by atoms with van der Waals surface area (Å²) in [4.78, 5) is 0. The number of benzene rings is 2. The standard InChI is InChI=1S/C30H41FN4O3SSi.C25H29FN4O3S/c1-21(39(36,37)28-14-15-34(5)33-28)22-8-9-24-16-27-23(19-32-35(27)26-12-10-25(31)11-13-26)18-30(24,17-22)20-38-40(6,7)29(2,3)4;1-24(2,34(32,33)23-10-11-29(3)28-23)19-5-4-18-12-22-17(13-25(18,14-19)16-31)15-27-30(22)21-8-6-20(26)7-9-21/h10-16,19,21-22H,8-9,17-18,20H2,1-7H3;6-12,15,19,31H,4-5,13-14,16H2,1-3H3/t21?,22-,30-;19-,25+/m00/s1. The molecule has 0 saturated heterocycles. The minimum atomic E-state index is -3.67. The van der Waals surface area contributed by atoms with Crippen molar-refractivity contribution < 1.29 is 35.1 Å². The van der Waals surface area contributed by atoms with Crippen LogP contribution in [-0.4, -0.2) is 92.6 Å². The number of fused-ring (bicyclic) bond motifs is 4. The van der Waals surface area contributed by atoms with E-state index in [1.807, 2.05) is 17.8 Å². The molecule has 6 aromatic rings. The van der Waals surface area contributed by atoms with Crippen LogP contribution >= 0.6 is 0 Å². The van der Waals surface area contributed by atoms with E-state index in [1.54, 1.807) is 87.6 Å². The van der Waals surface area contributed by atoms with Gasteiger partial charge in [0.2, 0.25) is 9.84 Å². The molecule has 4 heterocycles. The van der Waals surface area contributed by atoms with Crippen molar-refractivity contribution >= 4 is 40.1 Å². The van der Waals surface area contributed by atoms with Crippen LogP contribution in [0.15, 0.2) is 107 Å². The molecule has 1 unspecified atom stereocenters. The molecule has 2 aromatic carbocycles. The van der Waals surface area contributed by atoms with E-state index in [0.717, 1.165) is 65.1 Å². The lowest BCUT2D eigenvalue weighted by atomic mass is 9.60. The Bertz CT molecular complexity index is 3350. The number of hydrogen-bond donors (Lipinski definition) is 1. The molecular formula is C55H70F2N8O6S2Si. The third-order valence-corrected chi connectivity index (χ3v) is 26.5. The van der Waals surface area contributed by atoms with Gasteiger partial charge in [0.25, 0.3) is 0 Å². The summed E-state index contributed by atoms with van der Waals surface area (Å²) in [6, 6.07) is 15.7. The fraction of sp³-hybridized carbons (Fsp3) is 0.491. The maximum absolute atomic E-state index is 13.6. The fourth-order valence-corrected chi connectivity index (χ4v) is 15.8. The van der Waals surface area contributed by atoms with Crippen LogP contribution in [0, 0.1) is 34.3 Å². The van der Waals surface area contributed by atoms with Gasteiger partial charge in [-0.15, -0.1) is 0 Å². The molecule has 4 aliphatic carbocycles. The SMILES string of the molecule is CC([C@H]1CCC2=Cc3c(cnn3-c3ccc(F)cc3)C[C@]2(CO[Si](C)(C)C(C)(C)C)C1)S(=O)(=O)c1ccn(C)n1.Cn1ccc(S(=O)(=O)C(C)(C)[C@H]2CCC3=Cc4c(cnn4-c4ccc(F)cc4)C[C@]3(CO)C2)n1. The van der Waals surface area contributed by atoms with Crippen LogP contribution in [0.1, 0.15) is 103 Å². The Kier molecular flexibility index (Phi) is 14.0. The molecule has 0 bridgehead atoms. The van der Waals surface area contributed by atoms with E-state index < -0.39 is 43.4 Å². The van der Waals surface area contributed by atoms with Gasteiger partial charge in [0.15, 0.2) is 28.2 Å². The highest BCUT2D eigenvalue weighted by molar-refractivity contribution is 7.92. The lowest BCUT2D eigenvalue weighted by Gasteiger charge is -2.48. The van der Waals surface area contributed by atoms with Crippen molar-refractivity contribution in [1.82, 2.24) is 39.1 Å². The summed E-state index contributed by atoms with van der Waals surface area (Å²) >= 11 is 0. The van der Waals surface area contributed by atoms with E-state index in [9.17, 15) is 30.7 Å². The van der Waals surface area contributed by atoms with Crippen LogP contribution in [0.4, 0.5) is 8.78 Å². The van der Waals surface area contributed by atoms with Gasteiger partial charge in [-0.05, 0) is 186 Å². The van der Waals surface area contributed by atoms with Gasteiger partial charge in [-0.2, -0.15) is 20.4 Å². The van der Waals surface area contributed by atoms with Crippen LogP contribution in [0.5, 0.6) is 0 Å². The summed E-state index contributed by atoms with van der Waals surface area (Å²) in [5.74, 6) is -0.750. The smallest absolute Gasteiger partial charge is 0.202 e. The van der Waals surface area contributed by atoms with E-state index in [-0.39, 0.29) is 50.6 Å². The van der Waals surface area contributed by atoms with E-state index in [4.69, 9.17) is 4.43 Å². The molecule has 396 valence electrons. The largest absolute Gasteiger partial charge is 0.416 e. The second kappa shape index (κ2) is 19.3. The Balaban J connectivity index is 0.000000184. The van der Waals surface area contributed by atoms with Crippen molar-refractivity contribution in [3.05, 3.63) is 131 Å². The van der Waals surface area contributed by atoms with Crippen molar-refractivity contribution in [1.29, 1.82) is 0 Å². The van der Waals surface area contributed by atoms with E-state index in [0.29, 0.717) is 32.3 Å². The third kappa shape index (κ3) is 9.64.